The van der Waals surface area contributed by atoms with E-state index >= 15 is 0 Å². The Bertz CT molecular complexity index is 1290. The Labute approximate surface area is 222 Å². The maximum Gasteiger partial charge on any atom is 0.573 e. The van der Waals surface area contributed by atoms with Gasteiger partial charge in [0.15, 0.2) is 5.69 Å². The van der Waals surface area contributed by atoms with Gasteiger partial charge in [0.25, 0.3) is 0 Å². The number of hydrogen-bond donors (Lipinski definition) is 1. The molecule has 2 aromatic heterocycles. The minimum atomic E-state index is -4.84. The van der Waals surface area contributed by atoms with Gasteiger partial charge >= 0.3 is 12.3 Å². The summed E-state index contributed by atoms with van der Waals surface area (Å²) in [5.74, 6) is -0.00602. The highest BCUT2D eigenvalue weighted by Gasteiger charge is 2.36. The van der Waals surface area contributed by atoms with Gasteiger partial charge in [0.2, 0.25) is 0 Å². The topological polar surface area (TPSA) is 111 Å². The van der Waals surface area contributed by atoms with Crippen molar-refractivity contribution in [3.63, 3.8) is 0 Å². The lowest BCUT2D eigenvalue weighted by atomic mass is 10.0. The zero-order valence-corrected chi connectivity index (χ0v) is 21.4. The van der Waals surface area contributed by atoms with Gasteiger partial charge < -0.3 is 24.0 Å². The van der Waals surface area contributed by atoms with E-state index in [9.17, 15) is 18.0 Å². The van der Waals surface area contributed by atoms with E-state index in [1.165, 1.54) is 30.6 Å². The normalized spacial score (nSPS) is 19.4. The highest BCUT2D eigenvalue weighted by Crippen LogP contribution is 2.45. The van der Waals surface area contributed by atoms with Crippen LogP contribution in [0.2, 0.25) is 0 Å². The minimum Gasteiger partial charge on any atom is -0.476 e. The molecule has 2 fully saturated rings. The molecular weight excluding hydrogens is 517 g/mol. The number of alkyl halides is 3. The summed E-state index contributed by atoms with van der Waals surface area (Å²) < 4.78 is 54.9. The summed E-state index contributed by atoms with van der Waals surface area (Å²) in [6.45, 7) is 2.64. The molecule has 3 aromatic rings. The van der Waals surface area contributed by atoms with Gasteiger partial charge in [-0.2, -0.15) is 0 Å². The summed E-state index contributed by atoms with van der Waals surface area (Å²) in [4.78, 5) is 21.7. The van der Waals surface area contributed by atoms with Gasteiger partial charge in [-0.25, -0.2) is 14.8 Å². The zero-order chi connectivity index (χ0) is 27.6. The van der Waals surface area contributed by atoms with Gasteiger partial charge in [0.05, 0.1) is 19.0 Å². The van der Waals surface area contributed by atoms with Gasteiger partial charge in [0.1, 0.15) is 23.0 Å². The lowest BCUT2D eigenvalue weighted by Gasteiger charge is -2.30. The number of anilines is 1. The smallest absolute Gasteiger partial charge is 0.476 e. The van der Waals surface area contributed by atoms with Crippen LogP contribution in [-0.2, 0) is 11.3 Å². The molecule has 39 heavy (non-hydrogen) atoms. The monoisotopic (exact) mass is 546 g/mol. The second-order valence-corrected chi connectivity index (χ2v) is 9.80. The van der Waals surface area contributed by atoms with E-state index in [0.717, 1.165) is 32.1 Å². The number of benzene rings is 1. The molecule has 1 saturated heterocycles. The van der Waals surface area contributed by atoms with Crippen molar-refractivity contribution in [2.75, 3.05) is 11.5 Å². The largest absolute Gasteiger partial charge is 0.573 e. The molecule has 5 rings (SSSR count). The fraction of sp³-hybridized carbons (Fsp3) is 0.481. The predicted octanol–water partition coefficient (Wildman–Crippen LogP) is 5.96. The van der Waals surface area contributed by atoms with E-state index in [-0.39, 0.29) is 41.6 Å². The van der Waals surface area contributed by atoms with Gasteiger partial charge in [-0.3, -0.25) is 0 Å². The number of carbonyl (C=O) groups is 1. The summed E-state index contributed by atoms with van der Waals surface area (Å²) in [5, 5.41) is 13.2. The van der Waals surface area contributed by atoms with E-state index < -0.39 is 12.3 Å². The highest BCUT2D eigenvalue weighted by atomic mass is 19.4. The maximum absolute atomic E-state index is 13.0. The van der Waals surface area contributed by atoms with E-state index in [4.69, 9.17) is 14.4 Å². The number of ether oxygens (including phenoxy) is 2. The fourth-order valence-electron chi connectivity index (χ4n) is 5.19. The summed E-state index contributed by atoms with van der Waals surface area (Å²) in [7, 11) is 0. The maximum atomic E-state index is 13.0. The van der Waals surface area contributed by atoms with Crippen molar-refractivity contribution in [3.8, 4) is 17.0 Å². The van der Waals surface area contributed by atoms with Gasteiger partial charge in [0, 0.05) is 35.7 Å². The lowest BCUT2D eigenvalue weighted by Crippen LogP contribution is -2.37. The Morgan fingerprint density at radius 2 is 1.90 bits per heavy atom. The van der Waals surface area contributed by atoms with Crippen molar-refractivity contribution in [1.82, 2.24) is 15.1 Å². The Balaban J connectivity index is 1.28. The molecular formula is C27H29F3N4O5. The van der Waals surface area contributed by atoms with Crippen molar-refractivity contribution >= 4 is 11.8 Å². The number of carboxylic acid groups (broad SMARTS) is 1. The molecule has 2 atom stereocenters. The number of nitrogens with zero attached hydrogens (tertiary/aromatic N) is 4. The summed E-state index contributed by atoms with van der Waals surface area (Å²) >= 11 is 0. The molecule has 2 aliphatic rings. The van der Waals surface area contributed by atoms with Crippen molar-refractivity contribution in [2.45, 2.75) is 76.4 Å². The number of hydrogen-bond acceptors (Lipinski definition) is 8. The molecule has 12 heteroatoms. The van der Waals surface area contributed by atoms with Crippen LogP contribution >= 0.6 is 0 Å². The molecule has 208 valence electrons. The molecule has 1 aliphatic heterocycles. The molecule has 1 saturated carbocycles. The van der Waals surface area contributed by atoms with Gasteiger partial charge in [-0.15, -0.1) is 13.2 Å². The first-order chi connectivity index (χ1) is 18.7. The first-order valence-corrected chi connectivity index (χ1v) is 13.0. The van der Waals surface area contributed by atoms with Crippen LogP contribution in [0.3, 0.4) is 0 Å². The standard InChI is InChI=1S/C27H29F3N4O5/c1-2-17-9-10-18(34(17)23-14-31-21(13-32-23)26(35)36)11-12-37-15-20-24(33-39-25(20)16-7-8-16)19-5-3-4-6-22(19)38-27(28,29)30/h3-6,13-14,16-18H,2,7-12,15H2,1H3,(H,35,36)/t17?,18-/m0/s1. The Morgan fingerprint density at radius 3 is 2.56 bits per heavy atom. The average molecular weight is 547 g/mol. The number of aromatic nitrogens is 3. The van der Waals surface area contributed by atoms with Crippen LogP contribution in [0.4, 0.5) is 19.0 Å². The van der Waals surface area contributed by atoms with Crippen LogP contribution in [0.1, 0.15) is 73.2 Å². The van der Waals surface area contributed by atoms with Crippen molar-refractivity contribution in [1.29, 1.82) is 0 Å². The second kappa shape index (κ2) is 11.2. The van der Waals surface area contributed by atoms with E-state index in [1.807, 2.05) is 0 Å². The molecule has 1 aromatic carbocycles. The zero-order valence-electron chi connectivity index (χ0n) is 21.4. The van der Waals surface area contributed by atoms with E-state index in [1.54, 1.807) is 6.07 Å². The molecule has 1 unspecified atom stereocenters. The van der Waals surface area contributed by atoms with Crippen molar-refractivity contribution in [2.24, 2.45) is 0 Å². The SMILES string of the molecule is CCC1CC[C@@H](CCOCc2c(-c3ccccc3OC(F)(F)F)noc2C2CC2)N1c1cnc(C(=O)O)cn1. The number of rotatable bonds is 11. The van der Waals surface area contributed by atoms with Crippen LogP contribution in [0.15, 0.2) is 41.2 Å². The molecule has 9 nitrogen and oxygen atoms in total. The first kappa shape index (κ1) is 26.9. The second-order valence-electron chi connectivity index (χ2n) is 9.80. The number of para-hydroxylation sites is 1. The highest BCUT2D eigenvalue weighted by molar-refractivity contribution is 5.84. The molecule has 1 aliphatic carbocycles. The van der Waals surface area contributed by atoms with Crippen LogP contribution < -0.4 is 9.64 Å². The third-order valence-corrected chi connectivity index (χ3v) is 7.19. The van der Waals surface area contributed by atoms with Crippen LogP contribution in [-0.4, -0.2) is 51.3 Å². The van der Waals surface area contributed by atoms with Gasteiger partial charge in [-0.05, 0) is 50.7 Å². The van der Waals surface area contributed by atoms with E-state index in [2.05, 4.69) is 31.7 Å². The average Bonchev–Trinajstić information content (AvgIpc) is 3.53. The fourth-order valence-corrected chi connectivity index (χ4v) is 5.19. The van der Waals surface area contributed by atoms with Crippen LogP contribution in [0.25, 0.3) is 11.3 Å². The molecule has 0 amide bonds. The predicted molar refractivity (Wildman–Crippen MR) is 133 cm³/mol. The van der Waals surface area contributed by atoms with Crippen molar-refractivity contribution < 1.29 is 37.1 Å². The summed E-state index contributed by atoms with van der Waals surface area (Å²) in [6.07, 6.45) is 3.29. The Morgan fingerprint density at radius 1 is 1.13 bits per heavy atom. The Kier molecular flexibility index (Phi) is 7.74. The summed E-state index contributed by atoms with van der Waals surface area (Å²) in [5.41, 5.74) is 1.02. The first-order valence-electron chi connectivity index (χ1n) is 13.0. The number of aromatic carboxylic acids is 1. The molecule has 3 heterocycles. The minimum absolute atomic E-state index is 0.107. The third-order valence-electron chi connectivity index (χ3n) is 7.19. The molecule has 0 bridgehead atoms. The summed E-state index contributed by atoms with van der Waals surface area (Å²) in [6, 6.07) is 6.26. The molecule has 1 N–H and O–H groups in total. The Hall–Kier alpha value is -3.67. The van der Waals surface area contributed by atoms with Gasteiger partial charge in [-0.1, -0.05) is 24.2 Å². The lowest BCUT2D eigenvalue weighted by molar-refractivity contribution is -0.274. The van der Waals surface area contributed by atoms with Crippen LogP contribution in [0.5, 0.6) is 5.75 Å². The van der Waals surface area contributed by atoms with Crippen molar-refractivity contribution in [3.05, 3.63) is 53.7 Å². The number of halogens is 3. The van der Waals surface area contributed by atoms with E-state index in [0.29, 0.717) is 35.9 Å². The molecule has 0 radical (unpaired) electrons. The third kappa shape index (κ3) is 6.16. The molecule has 0 spiro atoms. The quantitative estimate of drug-likeness (QED) is 0.291. The number of carboxylic acids is 1. The van der Waals surface area contributed by atoms with Crippen LogP contribution in [0, 0.1) is 0 Å².